The molecule has 7 aromatic rings. The van der Waals surface area contributed by atoms with Crippen LogP contribution in [0.3, 0.4) is 0 Å². The van der Waals surface area contributed by atoms with Crippen LogP contribution in [0.2, 0.25) is 5.02 Å². The van der Waals surface area contributed by atoms with Crippen molar-refractivity contribution in [2.45, 2.75) is 35.3 Å². The lowest BCUT2D eigenvalue weighted by molar-refractivity contribution is -0.384. The number of piperazine rings is 1. The molecular weight excluding hydrogens is 854 g/mol. The highest BCUT2D eigenvalue weighted by molar-refractivity contribution is 7.99. The van der Waals surface area contributed by atoms with Gasteiger partial charge in [-0.05, 0) is 96.4 Å². The normalized spacial score (nSPS) is 13.8. The fourth-order valence-electron chi connectivity index (χ4n) is 7.56. The Bertz CT molecular complexity index is 2760. The average Bonchev–Trinajstić information content (AvgIpc) is 3.31. The lowest BCUT2D eigenvalue weighted by Gasteiger charge is -2.36. The summed E-state index contributed by atoms with van der Waals surface area (Å²) in [6.07, 6.45) is 3.71. The van der Waals surface area contributed by atoms with Crippen LogP contribution in [0, 0.1) is 10.1 Å². The third kappa shape index (κ3) is 11.3. The van der Waals surface area contributed by atoms with E-state index in [4.69, 9.17) is 11.6 Å². The highest BCUT2D eigenvalue weighted by Gasteiger charge is 2.25. The molecule has 1 aliphatic rings. The van der Waals surface area contributed by atoms with E-state index in [0.717, 1.165) is 60.6 Å². The molecule has 3 N–H and O–H groups in total. The standard InChI is InChI=1S/C47H46ClN9O4S2/c48-36-15-13-34(14-16-36)42-12-5-4-8-35(42)31-55-24-26-56(27-25-55)39-17-19-43-45(28-39)51-33-52-47(43)54-63(60,61)41-18-20-44(46(29-41)57(58)59)53-38(32-62-40-10-2-1-3-11-40)21-23-49-30-37-9-6-7-22-50-37/h1-20,22,28-29,33,38,49,53H,21,23-27,30-32H2,(H,51,52,54)/t38-/m1/s1. The topological polar surface area (TPSA) is 159 Å². The Balaban J connectivity index is 0.926. The van der Waals surface area contributed by atoms with Gasteiger partial charge in [-0.2, -0.15) is 0 Å². The van der Waals surface area contributed by atoms with E-state index in [9.17, 15) is 18.5 Å². The number of nitro groups is 1. The molecule has 3 heterocycles. The van der Waals surface area contributed by atoms with Crippen molar-refractivity contribution in [1.29, 1.82) is 0 Å². The number of hydrogen-bond acceptors (Lipinski definition) is 12. The van der Waals surface area contributed by atoms with Gasteiger partial charge in [0.1, 0.15) is 12.0 Å². The second-order valence-electron chi connectivity index (χ2n) is 15.1. The minimum atomic E-state index is -4.30. The number of pyridine rings is 1. The van der Waals surface area contributed by atoms with E-state index < -0.39 is 14.9 Å². The molecule has 1 fully saturated rings. The quantitative estimate of drug-likeness (QED) is 0.0325. The molecule has 1 atom stereocenters. The van der Waals surface area contributed by atoms with Gasteiger partial charge in [0.05, 0.1) is 21.0 Å². The first-order valence-corrected chi connectivity index (χ1v) is 23.5. The third-order valence-electron chi connectivity index (χ3n) is 10.9. The van der Waals surface area contributed by atoms with Crippen molar-refractivity contribution in [3.8, 4) is 11.1 Å². The molecule has 8 rings (SSSR count). The van der Waals surface area contributed by atoms with Crippen molar-refractivity contribution in [3.63, 3.8) is 0 Å². The zero-order valence-corrected chi connectivity index (χ0v) is 36.7. The summed E-state index contributed by atoms with van der Waals surface area (Å²) in [5.74, 6) is 0.699. The summed E-state index contributed by atoms with van der Waals surface area (Å²) >= 11 is 7.79. The molecule has 1 saturated heterocycles. The fraction of sp³-hybridized carbons (Fsp3) is 0.213. The van der Waals surface area contributed by atoms with Crippen LogP contribution in [-0.4, -0.2) is 77.7 Å². The molecule has 0 spiro atoms. The van der Waals surface area contributed by atoms with Gasteiger partial charge >= 0.3 is 0 Å². The molecule has 13 nitrogen and oxygen atoms in total. The highest BCUT2D eigenvalue weighted by Crippen LogP contribution is 2.33. The molecule has 1 aliphatic heterocycles. The summed E-state index contributed by atoms with van der Waals surface area (Å²) in [5.41, 5.74) is 5.92. The summed E-state index contributed by atoms with van der Waals surface area (Å²) in [6.45, 7) is 5.36. The number of fused-ring (bicyclic) bond motifs is 1. The second kappa shape index (κ2) is 20.4. The number of halogens is 1. The van der Waals surface area contributed by atoms with E-state index in [1.165, 1.54) is 29.6 Å². The Labute approximate surface area is 376 Å². The molecule has 63 heavy (non-hydrogen) atoms. The van der Waals surface area contributed by atoms with Gasteiger partial charge < -0.3 is 15.5 Å². The molecule has 0 unspecified atom stereocenters. The molecule has 0 saturated carbocycles. The van der Waals surface area contributed by atoms with E-state index in [0.29, 0.717) is 41.2 Å². The first kappa shape index (κ1) is 43.5. The minimum Gasteiger partial charge on any atom is -0.376 e. The van der Waals surface area contributed by atoms with Gasteiger partial charge in [0, 0.05) is 84.3 Å². The summed E-state index contributed by atoms with van der Waals surface area (Å²) in [4.78, 5) is 30.5. The van der Waals surface area contributed by atoms with Crippen LogP contribution in [0.25, 0.3) is 22.0 Å². The fourth-order valence-corrected chi connectivity index (χ4v) is 9.73. The van der Waals surface area contributed by atoms with E-state index in [1.807, 2.05) is 78.9 Å². The molecule has 322 valence electrons. The number of hydrogen-bond donors (Lipinski definition) is 3. The first-order valence-electron chi connectivity index (χ1n) is 20.6. The monoisotopic (exact) mass is 899 g/mol. The van der Waals surface area contributed by atoms with Gasteiger partial charge in [-0.1, -0.05) is 72.3 Å². The van der Waals surface area contributed by atoms with Crippen LogP contribution >= 0.6 is 23.4 Å². The third-order valence-corrected chi connectivity index (χ3v) is 13.7. The number of anilines is 3. The lowest BCUT2D eigenvalue weighted by Crippen LogP contribution is -2.46. The van der Waals surface area contributed by atoms with Gasteiger partial charge in [0.25, 0.3) is 15.7 Å². The Kier molecular flexibility index (Phi) is 14.1. The molecule has 0 bridgehead atoms. The number of benzene rings is 5. The van der Waals surface area contributed by atoms with Gasteiger partial charge in [0.15, 0.2) is 5.82 Å². The zero-order chi connectivity index (χ0) is 43.6. The van der Waals surface area contributed by atoms with E-state index >= 15 is 0 Å². The molecule has 0 aliphatic carbocycles. The molecule has 0 radical (unpaired) electrons. The Morgan fingerprint density at radius 2 is 1.60 bits per heavy atom. The minimum absolute atomic E-state index is 0.0804. The number of aromatic nitrogens is 3. The van der Waals surface area contributed by atoms with Crippen molar-refractivity contribution in [3.05, 3.63) is 172 Å². The Morgan fingerprint density at radius 3 is 2.38 bits per heavy atom. The van der Waals surface area contributed by atoms with Crippen LogP contribution in [-0.2, 0) is 23.1 Å². The molecule has 5 aromatic carbocycles. The smallest absolute Gasteiger partial charge is 0.293 e. The van der Waals surface area contributed by atoms with Crippen LogP contribution < -0.4 is 20.3 Å². The zero-order valence-electron chi connectivity index (χ0n) is 34.3. The summed E-state index contributed by atoms with van der Waals surface area (Å²) in [5, 5.41) is 20.4. The predicted molar refractivity (Wildman–Crippen MR) is 253 cm³/mol. The molecule has 0 amide bonds. The maximum Gasteiger partial charge on any atom is 0.293 e. The van der Waals surface area contributed by atoms with Gasteiger partial charge in [0.2, 0.25) is 0 Å². The Hall–Kier alpha value is -6.10. The van der Waals surface area contributed by atoms with Crippen LogP contribution in [0.5, 0.6) is 0 Å². The summed E-state index contributed by atoms with van der Waals surface area (Å²) < 4.78 is 30.3. The van der Waals surface area contributed by atoms with Crippen molar-refractivity contribution < 1.29 is 13.3 Å². The van der Waals surface area contributed by atoms with Crippen LogP contribution in [0.4, 0.5) is 22.9 Å². The first-order chi connectivity index (χ1) is 30.7. The number of nitrogens with one attached hydrogen (secondary N) is 3. The molecule has 16 heteroatoms. The van der Waals surface area contributed by atoms with E-state index in [2.05, 4.69) is 76.5 Å². The van der Waals surface area contributed by atoms with Gasteiger partial charge in [-0.25, -0.2) is 18.4 Å². The highest BCUT2D eigenvalue weighted by atomic mass is 35.5. The van der Waals surface area contributed by atoms with E-state index in [-0.39, 0.29) is 28.1 Å². The summed E-state index contributed by atoms with van der Waals surface area (Å²) in [7, 11) is -4.30. The number of nitro benzene ring substituents is 1. The number of thioether (sulfide) groups is 1. The molecule has 2 aromatic heterocycles. The maximum absolute atomic E-state index is 13.8. The number of nitrogens with zero attached hydrogens (tertiary/aromatic N) is 6. The average molecular weight is 901 g/mol. The van der Waals surface area contributed by atoms with Crippen LogP contribution in [0.1, 0.15) is 17.7 Å². The van der Waals surface area contributed by atoms with Crippen LogP contribution in [0.15, 0.2) is 156 Å². The van der Waals surface area contributed by atoms with Gasteiger partial charge in [-0.3, -0.25) is 24.7 Å². The van der Waals surface area contributed by atoms with Gasteiger partial charge in [-0.15, -0.1) is 11.8 Å². The Morgan fingerprint density at radius 1 is 0.825 bits per heavy atom. The SMILES string of the molecule is O=[N+]([O-])c1cc(S(=O)(=O)Nc2ncnc3cc(N4CCN(Cc5ccccc5-c5ccc(Cl)cc5)CC4)ccc23)ccc1N[C@H](CCNCc1ccccn1)CSc1ccccc1. The second-order valence-corrected chi connectivity index (χ2v) is 18.4. The van der Waals surface area contributed by atoms with Crippen molar-refractivity contribution >= 4 is 67.2 Å². The number of sulfonamides is 1. The van der Waals surface area contributed by atoms with Crippen molar-refractivity contribution in [2.75, 3.05) is 53.4 Å². The summed E-state index contributed by atoms with van der Waals surface area (Å²) in [6, 6.07) is 41.5. The molecular formula is C47H46ClN9O4S2. The number of rotatable bonds is 18. The van der Waals surface area contributed by atoms with Crippen molar-refractivity contribution in [2.24, 2.45) is 0 Å². The van der Waals surface area contributed by atoms with E-state index in [1.54, 1.807) is 18.0 Å². The maximum atomic E-state index is 13.8. The largest absolute Gasteiger partial charge is 0.376 e. The lowest BCUT2D eigenvalue weighted by atomic mass is 9.99. The van der Waals surface area contributed by atoms with Crippen molar-refractivity contribution in [1.82, 2.24) is 25.2 Å². The predicted octanol–water partition coefficient (Wildman–Crippen LogP) is 9.13.